The number of rotatable bonds is 4. The molecule has 2 heterocycles. The molecular weight excluding hydrogens is 373 g/mol. The number of allylic oxidation sites excluding steroid dienone is 1. The van der Waals surface area contributed by atoms with E-state index in [9.17, 15) is 14.4 Å². The number of nitriles is 1. The number of carbonyl (C=O) groups is 1. The van der Waals surface area contributed by atoms with Crippen LogP contribution in [0.3, 0.4) is 0 Å². The van der Waals surface area contributed by atoms with Gasteiger partial charge in [-0.1, -0.05) is 54.2 Å². The second kappa shape index (κ2) is 8.17. The third-order valence-electron chi connectivity index (χ3n) is 5.18. The van der Waals surface area contributed by atoms with Crippen LogP contribution >= 0.6 is 11.8 Å². The average molecular weight is 393 g/mol. The van der Waals surface area contributed by atoms with Crippen molar-refractivity contribution in [2.75, 3.05) is 19.1 Å². The second-order valence-corrected chi connectivity index (χ2v) is 7.94. The lowest BCUT2D eigenvalue weighted by Gasteiger charge is -2.41. The van der Waals surface area contributed by atoms with Crippen molar-refractivity contribution in [3.8, 4) is 6.07 Å². The van der Waals surface area contributed by atoms with E-state index >= 15 is 0 Å². The van der Waals surface area contributed by atoms with E-state index in [0.717, 1.165) is 29.4 Å². The van der Waals surface area contributed by atoms with Gasteiger partial charge in [0.15, 0.2) is 0 Å². The molecule has 0 aliphatic carbocycles. The maximum absolute atomic E-state index is 13.3. The molecule has 6 heteroatoms. The van der Waals surface area contributed by atoms with Crippen LogP contribution in [0.5, 0.6) is 0 Å². The summed E-state index contributed by atoms with van der Waals surface area (Å²) < 4.78 is 13.3. The van der Waals surface area contributed by atoms with Gasteiger partial charge >= 0.3 is 0 Å². The van der Waals surface area contributed by atoms with Crippen molar-refractivity contribution in [3.05, 3.63) is 82.1 Å². The molecule has 1 amide bonds. The van der Waals surface area contributed by atoms with Crippen molar-refractivity contribution in [2.45, 2.75) is 18.8 Å². The fraction of sp³-hybridized carbons (Fsp3) is 0.273. The van der Waals surface area contributed by atoms with E-state index in [-0.39, 0.29) is 24.1 Å². The summed E-state index contributed by atoms with van der Waals surface area (Å²) in [5.41, 5.74) is 2.69. The van der Waals surface area contributed by atoms with Gasteiger partial charge in [-0.15, -0.1) is 0 Å². The fourth-order valence-electron chi connectivity index (χ4n) is 3.66. The lowest BCUT2D eigenvalue weighted by atomic mass is 9.86. The van der Waals surface area contributed by atoms with Gasteiger partial charge in [-0.25, -0.2) is 4.39 Å². The summed E-state index contributed by atoms with van der Waals surface area (Å²) in [6.45, 7) is 1.37. The minimum atomic E-state index is -0.320. The van der Waals surface area contributed by atoms with Crippen molar-refractivity contribution in [3.63, 3.8) is 0 Å². The first kappa shape index (κ1) is 18.7. The highest BCUT2D eigenvalue weighted by Crippen LogP contribution is 2.42. The minimum Gasteiger partial charge on any atom is -0.292 e. The smallest absolute Gasteiger partial charge is 0.229 e. The molecule has 1 atom stereocenters. The Kier molecular flexibility index (Phi) is 5.47. The molecule has 28 heavy (non-hydrogen) atoms. The molecule has 4 rings (SSSR count). The second-order valence-electron chi connectivity index (χ2n) is 7.01. The Morgan fingerprint density at radius 2 is 1.89 bits per heavy atom. The molecule has 0 spiro atoms. The summed E-state index contributed by atoms with van der Waals surface area (Å²) in [6, 6.07) is 18.7. The molecule has 0 bridgehead atoms. The fourth-order valence-corrected chi connectivity index (χ4v) is 4.83. The van der Waals surface area contributed by atoms with Gasteiger partial charge in [0.25, 0.3) is 0 Å². The maximum Gasteiger partial charge on any atom is 0.229 e. The number of nitrogens with zero attached hydrogens (tertiary/aromatic N) is 3. The van der Waals surface area contributed by atoms with E-state index in [1.54, 1.807) is 28.8 Å². The van der Waals surface area contributed by atoms with Gasteiger partial charge in [0.2, 0.25) is 5.91 Å². The number of halogens is 1. The topological polar surface area (TPSA) is 47.3 Å². The number of hydrogen-bond donors (Lipinski definition) is 0. The first-order valence-electron chi connectivity index (χ1n) is 9.25. The van der Waals surface area contributed by atoms with E-state index in [1.807, 2.05) is 18.2 Å². The average Bonchev–Trinajstić information content (AvgIpc) is 2.73. The van der Waals surface area contributed by atoms with Crippen LogP contribution in [0, 0.1) is 17.1 Å². The summed E-state index contributed by atoms with van der Waals surface area (Å²) >= 11 is 1.54. The van der Waals surface area contributed by atoms with Gasteiger partial charge in [-0.3, -0.25) is 14.6 Å². The number of hydrogen-bond acceptors (Lipinski definition) is 4. The number of carbonyl (C=O) groups excluding carboxylic acids is 1. The standard InChI is InChI=1S/C22H20FN3OS/c23-18-8-6-17(7-9-18)19-12-21(27)26-14-25(15-28-22(26)20(19)13-24)11-10-16-4-2-1-3-5-16/h1-9,19H,10-12,14-15H2/t19-/m1/s1. The molecule has 0 N–H and O–H groups in total. The van der Waals surface area contributed by atoms with Crippen molar-refractivity contribution in [1.29, 1.82) is 5.26 Å². The predicted octanol–water partition coefficient (Wildman–Crippen LogP) is 4.08. The largest absolute Gasteiger partial charge is 0.292 e. The van der Waals surface area contributed by atoms with Crippen molar-refractivity contribution in [1.82, 2.24) is 9.80 Å². The van der Waals surface area contributed by atoms with Crippen molar-refractivity contribution >= 4 is 17.7 Å². The predicted molar refractivity (Wildman–Crippen MR) is 107 cm³/mol. The zero-order chi connectivity index (χ0) is 19.5. The Labute approximate surface area is 168 Å². The molecule has 1 saturated heterocycles. The lowest BCUT2D eigenvalue weighted by Crippen LogP contribution is -2.47. The van der Waals surface area contributed by atoms with Crippen LogP contribution in [0.1, 0.15) is 23.5 Å². The normalized spacial score (nSPS) is 20.1. The number of benzene rings is 2. The molecule has 0 aromatic heterocycles. The summed E-state index contributed by atoms with van der Waals surface area (Å²) in [4.78, 5) is 16.8. The molecule has 4 nitrogen and oxygen atoms in total. The Morgan fingerprint density at radius 1 is 1.14 bits per heavy atom. The van der Waals surface area contributed by atoms with Gasteiger partial charge < -0.3 is 0 Å². The van der Waals surface area contributed by atoms with Crippen LogP contribution in [0.25, 0.3) is 0 Å². The number of thioether (sulfide) groups is 1. The van der Waals surface area contributed by atoms with Gasteiger partial charge in [-0.05, 0) is 29.7 Å². The first-order chi connectivity index (χ1) is 13.7. The van der Waals surface area contributed by atoms with Crippen molar-refractivity contribution < 1.29 is 9.18 Å². The van der Waals surface area contributed by atoms with Crippen LogP contribution in [0.4, 0.5) is 4.39 Å². The zero-order valence-corrected chi connectivity index (χ0v) is 16.2. The van der Waals surface area contributed by atoms with Gasteiger partial charge in [-0.2, -0.15) is 5.26 Å². The monoisotopic (exact) mass is 393 g/mol. The molecule has 1 fully saturated rings. The molecule has 0 saturated carbocycles. The molecule has 2 aromatic carbocycles. The summed E-state index contributed by atoms with van der Waals surface area (Å²) in [5.74, 6) is 0.139. The van der Waals surface area contributed by atoms with E-state index in [2.05, 4.69) is 23.1 Å². The van der Waals surface area contributed by atoms with Crippen LogP contribution in [0.15, 0.2) is 65.2 Å². The third-order valence-corrected chi connectivity index (χ3v) is 6.39. The highest BCUT2D eigenvalue weighted by atomic mass is 32.2. The zero-order valence-electron chi connectivity index (χ0n) is 15.3. The van der Waals surface area contributed by atoms with E-state index in [4.69, 9.17) is 0 Å². The highest BCUT2D eigenvalue weighted by Gasteiger charge is 2.38. The Morgan fingerprint density at radius 3 is 2.61 bits per heavy atom. The Hall–Kier alpha value is -2.62. The third kappa shape index (κ3) is 3.82. The van der Waals surface area contributed by atoms with Crippen molar-refractivity contribution in [2.24, 2.45) is 0 Å². The molecule has 0 unspecified atom stereocenters. The van der Waals surface area contributed by atoms with Crippen LogP contribution in [-0.4, -0.2) is 34.8 Å². The van der Waals surface area contributed by atoms with Gasteiger partial charge in [0.05, 0.1) is 29.2 Å². The highest BCUT2D eigenvalue weighted by molar-refractivity contribution is 8.03. The number of fused-ring (bicyclic) bond motifs is 1. The molecule has 2 aliphatic rings. The van der Waals surface area contributed by atoms with Crippen LogP contribution in [0.2, 0.25) is 0 Å². The van der Waals surface area contributed by atoms with Crippen LogP contribution in [-0.2, 0) is 11.2 Å². The SMILES string of the molecule is N#CC1=C2SCN(CCc3ccccc3)CN2C(=O)C[C@@H]1c1ccc(F)cc1. The van der Waals surface area contributed by atoms with E-state index in [0.29, 0.717) is 12.2 Å². The maximum atomic E-state index is 13.3. The molecule has 0 radical (unpaired) electrons. The van der Waals surface area contributed by atoms with E-state index in [1.165, 1.54) is 17.7 Å². The molecular formula is C22H20FN3OS. The van der Waals surface area contributed by atoms with Gasteiger partial charge in [0, 0.05) is 18.9 Å². The summed E-state index contributed by atoms with van der Waals surface area (Å²) in [6.07, 6.45) is 1.16. The quantitative estimate of drug-likeness (QED) is 0.785. The first-order valence-corrected chi connectivity index (χ1v) is 10.2. The molecule has 2 aromatic rings. The minimum absolute atomic E-state index is 0.0141. The molecule has 142 valence electrons. The van der Waals surface area contributed by atoms with E-state index < -0.39 is 0 Å². The summed E-state index contributed by atoms with van der Waals surface area (Å²) in [5, 5.41) is 10.5. The van der Waals surface area contributed by atoms with Gasteiger partial charge in [0.1, 0.15) is 5.82 Å². The van der Waals surface area contributed by atoms with Crippen LogP contribution < -0.4 is 0 Å². The summed E-state index contributed by atoms with van der Waals surface area (Å²) in [7, 11) is 0. The lowest BCUT2D eigenvalue weighted by molar-refractivity contribution is -0.131. The Balaban J connectivity index is 1.51. The Bertz CT molecular complexity index is 937. The number of amides is 1. The molecule has 2 aliphatic heterocycles.